The van der Waals surface area contributed by atoms with Gasteiger partial charge >= 0.3 is 0 Å². The molecule has 2 heterocycles. The third kappa shape index (κ3) is 3.12. The Kier molecular flexibility index (Phi) is 4.54. The molecule has 0 fully saturated rings. The maximum Gasteiger partial charge on any atom is 0.293 e. The summed E-state index contributed by atoms with van der Waals surface area (Å²) in [4.78, 5) is 18.5. The van der Waals surface area contributed by atoms with Crippen LogP contribution in [0.2, 0.25) is 0 Å². The summed E-state index contributed by atoms with van der Waals surface area (Å²) in [5, 5.41) is 7.43. The largest absolute Gasteiger partial charge is 0.497 e. The monoisotopic (exact) mass is 331 g/mol. The van der Waals surface area contributed by atoms with Crippen LogP contribution in [0.3, 0.4) is 0 Å². The maximum absolute atomic E-state index is 12.6. The van der Waals surface area contributed by atoms with Crippen LogP contribution >= 0.6 is 0 Å². The number of anilines is 1. The first-order valence-corrected chi connectivity index (χ1v) is 7.77. The molecule has 0 radical (unpaired) electrons. The van der Waals surface area contributed by atoms with Gasteiger partial charge in [-0.3, -0.25) is 4.79 Å². The first-order chi connectivity index (χ1) is 11.6. The van der Waals surface area contributed by atoms with Crippen molar-refractivity contribution < 1.29 is 14.3 Å². The van der Waals surface area contributed by atoms with E-state index in [9.17, 15) is 4.79 Å². The number of fused-ring (bicyclic) bond motifs is 1. The highest BCUT2D eigenvalue weighted by Crippen LogP contribution is 2.25. The van der Waals surface area contributed by atoms with Crippen molar-refractivity contribution in [2.45, 2.75) is 19.5 Å². The van der Waals surface area contributed by atoms with E-state index < -0.39 is 0 Å². The van der Waals surface area contributed by atoms with Crippen LogP contribution in [-0.2, 0) is 13.1 Å². The normalized spacial score (nSPS) is 13.0. The molecule has 8 heteroatoms. The van der Waals surface area contributed by atoms with Gasteiger partial charge in [-0.05, 0) is 24.6 Å². The van der Waals surface area contributed by atoms with Gasteiger partial charge in [0.25, 0.3) is 5.91 Å². The minimum atomic E-state index is -0.233. The highest BCUT2D eigenvalue weighted by Gasteiger charge is 2.22. The van der Waals surface area contributed by atoms with E-state index >= 15 is 0 Å². The summed E-state index contributed by atoms with van der Waals surface area (Å²) in [7, 11) is 4.92. The zero-order valence-electron chi connectivity index (χ0n) is 14.1. The van der Waals surface area contributed by atoms with E-state index in [1.807, 2.05) is 18.2 Å². The average molecular weight is 331 g/mol. The average Bonchev–Trinajstić information content (AvgIpc) is 3.05. The molecule has 1 amide bonds. The molecule has 0 unspecified atom stereocenters. The fourth-order valence-corrected chi connectivity index (χ4v) is 2.65. The minimum absolute atomic E-state index is 0.198. The Hall–Kier alpha value is -2.77. The summed E-state index contributed by atoms with van der Waals surface area (Å²) in [5.74, 6) is 2.03. The predicted molar refractivity (Wildman–Crippen MR) is 88.5 cm³/mol. The van der Waals surface area contributed by atoms with E-state index in [1.165, 1.54) is 0 Å². The molecule has 1 aromatic carbocycles. The van der Waals surface area contributed by atoms with E-state index in [-0.39, 0.29) is 11.7 Å². The van der Waals surface area contributed by atoms with Crippen LogP contribution in [0.15, 0.2) is 18.2 Å². The third-order valence-electron chi connectivity index (χ3n) is 3.93. The van der Waals surface area contributed by atoms with Gasteiger partial charge in [0.2, 0.25) is 11.8 Å². The number of carbonyl (C=O) groups excluding carboxylic acids is 1. The van der Waals surface area contributed by atoms with Crippen molar-refractivity contribution in [3.05, 3.63) is 29.6 Å². The van der Waals surface area contributed by atoms with Crippen molar-refractivity contribution in [1.29, 1.82) is 0 Å². The third-order valence-corrected chi connectivity index (χ3v) is 3.93. The molecule has 1 aromatic heterocycles. The Morgan fingerprint density at radius 1 is 1.38 bits per heavy atom. The van der Waals surface area contributed by atoms with Gasteiger partial charge in [-0.1, -0.05) is 0 Å². The van der Waals surface area contributed by atoms with Crippen molar-refractivity contribution in [2.75, 3.05) is 33.1 Å². The number of methoxy groups -OCH3 is 2. The second-order valence-electron chi connectivity index (χ2n) is 5.60. The predicted octanol–water partition coefficient (Wildman–Crippen LogP) is 1.38. The molecule has 0 saturated carbocycles. The second-order valence-corrected chi connectivity index (χ2v) is 5.60. The van der Waals surface area contributed by atoms with E-state index in [0.717, 1.165) is 25.1 Å². The van der Waals surface area contributed by atoms with Gasteiger partial charge in [-0.25, -0.2) is 4.68 Å². The highest BCUT2D eigenvalue weighted by molar-refractivity contribution is 5.90. The van der Waals surface area contributed by atoms with Gasteiger partial charge in [-0.2, -0.15) is 4.98 Å². The van der Waals surface area contributed by atoms with Crippen LogP contribution in [-0.4, -0.2) is 53.4 Å². The second kappa shape index (κ2) is 6.77. The SMILES string of the molecule is COc1ccc(OC)c(CN(C)C(=O)c2nc3n(n2)CCCN3)c1. The van der Waals surface area contributed by atoms with Crippen molar-refractivity contribution in [1.82, 2.24) is 19.7 Å². The molecule has 2 aromatic rings. The van der Waals surface area contributed by atoms with E-state index in [0.29, 0.717) is 24.0 Å². The molecule has 8 nitrogen and oxygen atoms in total. The van der Waals surface area contributed by atoms with Crippen molar-refractivity contribution >= 4 is 11.9 Å². The van der Waals surface area contributed by atoms with Gasteiger partial charge in [-0.15, -0.1) is 5.10 Å². The number of hydrogen-bond acceptors (Lipinski definition) is 6. The van der Waals surface area contributed by atoms with Crippen LogP contribution in [0, 0.1) is 0 Å². The Balaban J connectivity index is 1.78. The van der Waals surface area contributed by atoms with Gasteiger partial charge < -0.3 is 19.7 Å². The van der Waals surface area contributed by atoms with Crippen LogP contribution in [0.25, 0.3) is 0 Å². The van der Waals surface area contributed by atoms with Crippen molar-refractivity contribution in [2.24, 2.45) is 0 Å². The molecular weight excluding hydrogens is 310 g/mol. The smallest absolute Gasteiger partial charge is 0.293 e. The van der Waals surface area contributed by atoms with E-state index in [4.69, 9.17) is 9.47 Å². The molecular formula is C16H21N5O3. The van der Waals surface area contributed by atoms with Crippen molar-refractivity contribution in [3.63, 3.8) is 0 Å². The number of aryl methyl sites for hydroxylation is 1. The number of aromatic nitrogens is 3. The number of amides is 1. The molecule has 0 aliphatic carbocycles. The van der Waals surface area contributed by atoms with Crippen LogP contribution in [0.5, 0.6) is 11.5 Å². The fraction of sp³-hybridized carbons (Fsp3) is 0.438. The maximum atomic E-state index is 12.6. The number of nitrogens with zero attached hydrogens (tertiary/aromatic N) is 4. The Morgan fingerprint density at radius 2 is 2.21 bits per heavy atom. The topological polar surface area (TPSA) is 81.5 Å². The Morgan fingerprint density at radius 3 is 2.92 bits per heavy atom. The summed E-state index contributed by atoms with van der Waals surface area (Å²) in [6.07, 6.45) is 0.973. The molecule has 24 heavy (non-hydrogen) atoms. The standard InChI is InChI=1S/C16H21N5O3/c1-20(10-11-9-12(23-2)5-6-13(11)24-3)15(22)14-18-16-17-7-4-8-21(16)19-14/h5-6,9H,4,7-8,10H2,1-3H3,(H,17,18,19). The lowest BCUT2D eigenvalue weighted by molar-refractivity contribution is 0.0771. The molecule has 3 rings (SSSR count). The minimum Gasteiger partial charge on any atom is -0.497 e. The Bertz CT molecular complexity index is 720. The van der Waals surface area contributed by atoms with Crippen LogP contribution in [0.1, 0.15) is 22.6 Å². The molecule has 128 valence electrons. The van der Waals surface area contributed by atoms with E-state index in [1.54, 1.807) is 30.8 Å². The number of hydrogen-bond donors (Lipinski definition) is 1. The number of ether oxygens (including phenoxy) is 2. The highest BCUT2D eigenvalue weighted by atomic mass is 16.5. The first kappa shape index (κ1) is 16.1. The number of carbonyl (C=O) groups is 1. The summed E-state index contributed by atoms with van der Waals surface area (Å²) in [6.45, 7) is 2.00. The lowest BCUT2D eigenvalue weighted by Crippen LogP contribution is -2.27. The summed E-state index contributed by atoms with van der Waals surface area (Å²) in [6, 6.07) is 5.50. The number of nitrogens with one attached hydrogen (secondary N) is 1. The summed E-state index contributed by atoms with van der Waals surface area (Å²) >= 11 is 0. The number of benzene rings is 1. The van der Waals surface area contributed by atoms with Gasteiger partial charge in [0.15, 0.2) is 0 Å². The lowest BCUT2D eigenvalue weighted by atomic mass is 10.1. The Labute approximate surface area is 140 Å². The quantitative estimate of drug-likeness (QED) is 0.891. The molecule has 0 atom stereocenters. The molecule has 0 saturated heterocycles. The van der Waals surface area contributed by atoms with Gasteiger partial charge in [0.1, 0.15) is 11.5 Å². The zero-order valence-corrected chi connectivity index (χ0v) is 14.1. The van der Waals surface area contributed by atoms with Crippen LogP contribution in [0.4, 0.5) is 5.95 Å². The fourth-order valence-electron chi connectivity index (χ4n) is 2.65. The van der Waals surface area contributed by atoms with Gasteiger partial charge in [0.05, 0.1) is 14.2 Å². The van der Waals surface area contributed by atoms with E-state index in [2.05, 4.69) is 15.4 Å². The molecule has 0 bridgehead atoms. The molecule has 0 spiro atoms. The number of rotatable bonds is 5. The molecule has 1 N–H and O–H groups in total. The molecule has 1 aliphatic rings. The van der Waals surface area contributed by atoms with Gasteiger partial charge in [0, 0.05) is 32.2 Å². The van der Waals surface area contributed by atoms with Crippen molar-refractivity contribution in [3.8, 4) is 11.5 Å². The van der Waals surface area contributed by atoms with Crippen LogP contribution < -0.4 is 14.8 Å². The summed E-state index contributed by atoms with van der Waals surface area (Å²) in [5.41, 5.74) is 0.856. The first-order valence-electron chi connectivity index (χ1n) is 7.77. The lowest BCUT2D eigenvalue weighted by Gasteiger charge is -2.18. The summed E-state index contributed by atoms with van der Waals surface area (Å²) < 4.78 is 12.3. The molecule has 1 aliphatic heterocycles. The zero-order chi connectivity index (χ0) is 17.1.